The second-order valence-corrected chi connectivity index (χ2v) is 5.52. The predicted molar refractivity (Wildman–Crippen MR) is 76.0 cm³/mol. The van der Waals surface area contributed by atoms with Crippen LogP contribution in [-0.2, 0) is 12.6 Å². The minimum absolute atomic E-state index is 0.618. The van der Waals surface area contributed by atoms with Gasteiger partial charge >= 0.3 is 6.18 Å². The SMILES string of the molecule is CSCCc1oc(-c2ccc(C(F)(F)F)cc2)cc1C. The number of alkyl halides is 3. The molecule has 1 nitrogen and oxygen atoms in total. The van der Waals surface area contributed by atoms with Crippen molar-refractivity contribution in [3.8, 4) is 11.3 Å². The van der Waals surface area contributed by atoms with Gasteiger partial charge in [0.15, 0.2) is 0 Å². The van der Waals surface area contributed by atoms with Crippen LogP contribution in [0.5, 0.6) is 0 Å². The summed E-state index contributed by atoms with van der Waals surface area (Å²) in [4.78, 5) is 0. The second kappa shape index (κ2) is 5.95. The van der Waals surface area contributed by atoms with Crippen molar-refractivity contribution in [1.29, 1.82) is 0 Å². The third-order valence-electron chi connectivity index (χ3n) is 3.05. The van der Waals surface area contributed by atoms with E-state index in [2.05, 4.69) is 0 Å². The van der Waals surface area contributed by atoms with Crippen LogP contribution >= 0.6 is 11.8 Å². The zero-order chi connectivity index (χ0) is 14.8. The molecule has 0 bridgehead atoms. The molecule has 2 rings (SSSR count). The molecule has 0 spiro atoms. The number of rotatable bonds is 4. The van der Waals surface area contributed by atoms with Gasteiger partial charge in [0.25, 0.3) is 0 Å². The molecule has 0 fully saturated rings. The van der Waals surface area contributed by atoms with Gasteiger partial charge in [0.05, 0.1) is 5.56 Å². The first-order chi connectivity index (χ1) is 9.41. The standard InChI is InChI=1S/C15H15F3OS/c1-10-9-14(19-13(10)7-8-20-2)11-3-5-12(6-4-11)15(16,17)18/h3-6,9H,7-8H2,1-2H3. The lowest BCUT2D eigenvalue weighted by molar-refractivity contribution is -0.137. The van der Waals surface area contributed by atoms with E-state index < -0.39 is 11.7 Å². The number of furan rings is 1. The Labute approximate surface area is 120 Å². The molecule has 0 N–H and O–H groups in total. The molecule has 0 aliphatic rings. The van der Waals surface area contributed by atoms with Crippen LogP contribution in [0.15, 0.2) is 34.7 Å². The number of hydrogen-bond donors (Lipinski definition) is 0. The van der Waals surface area contributed by atoms with Crippen LogP contribution in [0.2, 0.25) is 0 Å². The fourth-order valence-corrected chi connectivity index (χ4v) is 2.32. The number of hydrogen-bond acceptors (Lipinski definition) is 2. The van der Waals surface area contributed by atoms with E-state index in [4.69, 9.17) is 4.42 Å². The van der Waals surface area contributed by atoms with Gasteiger partial charge in [0.1, 0.15) is 11.5 Å². The molecule has 0 saturated carbocycles. The Hall–Kier alpha value is -1.36. The maximum atomic E-state index is 12.5. The Balaban J connectivity index is 2.24. The first-order valence-corrected chi connectivity index (χ1v) is 7.57. The van der Waals surface area contributed by atoms with Gasteiger partial charge in [-0.15, -0.1) is 0 Å². The molecule has 1 aromatic heterocycles. The summed E-state index contributed by atoms with van der Waals surface area (Å²) in [5, 5.41) is 0. The highest BCUT2D eigenvalue weighted by molar-refractivity contribution is 7.98. The molecule has 0 radical (unpaired) electrons. The van der Waals surface area contributed by atoms with Crippen LogP contribution in [0.1, 0.15) is 16.9 Å². The van der Waals surface area contributed by atoms with Crippen molar-refractivity contribution in [2.45, 2.75) is 19.5 Å². The topological polar surface area (TPSA) is 13.1 Å². The Morgan fingerprint density at radius 2 is 1.80 bits per heavy atom. The Bertz CT molecular complexity index is 570. The quantitative estimate of drug-likeness (QED) is 0.772. The summed E-state index contributed by atoms with van der Waals surface area (Å²) in [5.41, 5.74) is 1.05. The largest absolute Gasteiger partial charge is 0.461 e. The average molecular weight is 300 g/mol. The minimum Gasteiger partial charge on any atom is -0.461 e. The normalized spacial score (nSPS) is 11.8. The molecule has 5 heteroatoms. The van der Waals surface area contributed by atoms with Crippen molar-refractivity contribution in [1.82, 2.24) is 0 Å². The van der Waals surface area contributed by atoms with Crippen molar-refractivity contribution < 1.29 is 17.6 Å². The van der Waals surface area contributed by atoms with Gasteiger partial charge < -0.3 is 4.42 Å². The summed E-state index contributed by atoms with van der Waals surface area (Å²) < 4.78 is 43.2. The van der Waals surface area contributed by atoms with Crippen LogP contribution in [-0.4, -0.2) is 12.0 Å². The highest BCUT2D eigenvalue weighted by atomic mass is 32.2. The molecule has 1 heterocycles. The van der Waals surface area contributed by atoms with Gasteiger partial charge in [-0.1, -0.05) is 12.1 Å². The molecule has 0 aliphatic carbocycles. The molecule has 0 atom stereocenters. The zero-order valence-corrected chi connectivity index (χ0v) is 12.1. The Morgan fingerprint density at radius 3 is 2.35 bits per heavy atom. The fraction of sp³-hybridized carbons (Fsp3) is 0.333. The maximum Gasteiger partial charge on any atom is 0.416 e. The van der Waals surface area contributed by atoms with E-state index in [-0.39, 0.29) is 0 Å². The van der Waals surface area contributed by atoms with Gasteiger partial charge in [-0.3, -0.25) is 0 Å². The summed E-state index contributed by atoms with van der Waals surface area (Å²) in [6.45, 7) is 1.95. The van der Waals surface area contributed by atoms with Crippen molar-refractivity contribution >= 4 is 11.8 Å². The molecule has 0 unspecified atom stereocenters. The Morgan fingerprint density at radius 1 is 1.15 bits per heavy atom. The minimum atomic E-state index is -4.30. The third kappa shape index (κ3) is 3.39. The maximum absolute atomic E-state index is 12.5. The first-order valence-electron chi connectivity index (χ1n) is 6.17. The molecule has 0 aliphatic heterocycles. The van der Waals surface area contributed by atoms with Crippen molar-refractivity contribution in [2.24, 2.45) is 0 Å². The van der Waals surface area contributed by atoms with Gasteiger partial charge in [0.2, 0.25) is 0 Å². The van der Waals surface area contributed by atoms with Gasteiger partial charge in [-0.05, 0) is 36.9 Å². The van der Waals surface area contributed by atoms with Crippen LogP contribution in [0.4, 0.5) is 13.2 Å². The van der Waals surface area contributed by atoms with E-state index >= 15 is 0 Å². The van der Waals surface area contributed by atoms with Gasteiger partial charge in [-0.25, -0.2) is 0 Å². The molecule has 2 aromatic rings. The van der Waals surface area contributed by atoms with E-state index in [9.17, 15) is 13.2 Å². The van der Waals surface area contributed by atoms with E-state index in [1.165, 1.54) is 12.1 Å². The predicted octanol–water partition coefficient (Wildman–Crippen LogP) is 5.18. The zero-order valence-electron chi connectivity index (χ0n) is 11.3. The monoisotopic (exact) mass is 300 g/mol. The summed E-state index contributed by atoms with van der Waals surface area (Å²) in [5.74, 6) is 2.47. The number of thioether (sulfide) groups is 1. The summed E-state index contributed by atoms with van der Waals surface area (Å²) in [7, 11) is 0. The third-order valence-corrected chi connectivity index (χ3v) is 3.66. The lowest BCUT2D eigenvalue weighted by atomic mass is 10.1. The van der Waals surface area contributed by atoms with Crippen molar-refractivity contribution in [3.63, 3.8) is 0 Å². The van der Waals surface area contributed by atoms with E-state index in [1.54, 1.807) is 11.8 Å². The van der Waals surface area contributed by atoms with Crippen molar-refractivity contribution in [2.75, 3.05) is 12.0 Å². The fourth-order valence-electron chi connectivity index (χ4n) is 1.93. The van der Waals surface area contributed by atoms with E-state index in [0.29, 0.717) is 11.3 Å². The lowest BCUT2D eigenvalue weighted by Crippen LogP contribution is -2.03. The molecule has 0 amide bonds. The second-order valence-electron chi connectivity index (χ2n) is 4.53. The van der Waals surface area contributed by atoms with E-state index in [0.717, 1.165) is 35.6 Å². The highest BCUT2D eigenvalue weighted by Crippen LogP contribution is 2.32. The molecule has 108 valence electrons. The first kappa shape index (κ1) is 15.0. The smallest absolute Gasteiger partial charge is 0.416 e. The molecular weight excluding hydrogens is 285 g/mol. The van der Waals surface area contributed by atoms with Gasteiger partial charge in [-0.2, -0.15) is 24.9 Å². The van der Waals surface area contributed by atoms with Crippen LogP contribution in [0.25, 0.3) is 11.3 Å². The number of benzene rings is 1. The molecule has 0 saturated heterocycles. The highest BCUT2D eigenvalue weighted by Gasteiger charge is 2.30. The lowest BCUT2D eigenvalue weighted by Gasteiger charge is -2.06. The van der Waals surface area contributed by atoms with Gasteiger partial charge in [0, 0.05) is 17.7 Å². The summed E-state index contributed by atoms with van der Waals surface area (Å²) in [6, 6.07) is 6.92. The average Bonchev–Trinajstić information content (AvgIpc) is 2.77. The molecule has 1 aromatic carbocycles. The molecule has 20 heavy (non-hydrogen) atoms. The van der Waals surface area contributed by atoms with Crippen LogP contribution in [0, 0.1) is 6.92 Å². The molecular formula is C15H15F3OS. The Kier molecular flexibility index (Phi) is 4.48. The van der Waals surface area contributed by atoms with E-state index in [1.807, 2.05) is 19.2 Å². The number of halogens is 3. The van der Waals surface area contributed by atoms with Crippen molar-refractivity contribution in [3.05, 3.63) is 47.2 Å². The summed E-state index contributed by atoms with van der Waals surface area (Å²) >= 11 is 1.73. The van der Waals surface area contributed by atoms with Crippen LogP contribution < -0.4 is 0 Å². The summed E-state index contributed by atoms with van der Waals surface area (Å²) in [6.07, 6.45) is -1.45. The number of aryl methyl sites for hydroxylation is 2. The van der Waals surface area contributed by atoms with Crippen LogP contribution in [0.3, 0.4) is 0 Å².